The van der Waals surface area contributed by atoms with E-state index in [0.29, 0.717) is 13.1 Å². The van der Waals surface area contributed by atoms with Crippen molar-refractivity contribution in [3.63, 3.8) is 0 Å². The van der Waals surface area contributed by atoms with Gasteiger partial charge < -0.3 is 10.6 Å². The number of hydrogen-bond acceptors (Lipinski definition) is 2. The summed E-state index contributed by atoms with van der Waals surface area (Å²) in [4.78, 5) is 13.3. The molecule has 16 heavy (non-hydrogen) atoms. The Balaban J connectivity index is 2.79. The van der Waals surface area contributed by atoms with Gasteiger partial charge in [-0.25, -0.2) is 4.39 Å². The molecule has 1 aromatic carbocycles. The van der Waals surface area contributed by atoms with E-state index in [4.69, 9.17) is 5.73 Å². The molecular weight excluding hydrogens is 207 g/mol. The molecule has 0 bridgehead atoms. The molecule has 0 aliphatic carbocycles. The molecule has 88 valence electrons. The summed E-state index contributed by atoms with van der Waals surface area (Å²) < 4.78 is 13.5. The van der Waals surface area contributed by atoms with E-state index >= 15 is 0 Å². The van der Waals surface area contributed by atoms with Gasteiger partial charge in [0.25, 0.3) is 5.91 Å². The largest absolute Gasteiger partial charge is 0.342 e. The number of hydrogen-bond donors (Lipinski definition) is 1. The number of aryl methyl sites for hydroxylation is 1. The number of nitrogens with zero attached hydrogens (tertiary/aromatic N) is 1. The standard InChI is InChI=1S/C12H17FN2O/c1-9-4-5-10(11(13)8-9)12(16)15(2)7-3-6-14/h4-5,8H,3,6-7,14H2,1-2H3. The van der Waals surface area contributed by atoms with Crippen molar-refractivity contribution in [1.82, 2.24) is 4.90 Å². The Hall–Kier alpha value is -1.42. The number of amides is 1. The van der Waals surface area contributed by atoms with Crippen LogP contribution in [0.2, 0.25) is 0 Å². The first-order chi connectivity index (χ1) is 7.56. The molecule has 2 N–H and O–H groups in total. The van der Waals surface area contributed by atoms with E-state index in [1.54, 1.807) is 20.0 Å². The quantitative estimate of drug-likeness (QED) is 0.843. The molecule has 0 unspecified atom stereocenters. The van der Waals surface area contributed by atoms with Gasteiger partial charge in [0.15, 0.2) is 0 Å². The number of carbonyl (C=O) groups is 1. The van der Waals surface area contributed by atoms with E-state index in [1.807, 2.05) is 0 Å². The van der Waals surface area contributed by atoms with E-state index < -0.39 is 5.82 Å². The Morgan fingerprint density at radius 1 is 1.50 bits per heavy atom. The Bertz CT molecular complexity index is 379. The number of benzene rings is 1. The molecule has 0 radical (unpaired) electrons. The average Bonchev–Trinajstić information content (AvgIpc) is 2.25. The molecule has 1 amide bonds. The van der Waals surface area contributed by atoms with Crippen molar-refractivity contribution in [2.75, 3.05) is 20.1 Å². The SMILES string of the molecule is Cc1ccc(C(=O)N(C)CCCN)c(F)c1. The zero-order chi connectivity index (χ0) is 12.1. The highest BCUT2D eigenvalue weighted by atomic mass is 19.1. The summed E-state index contributed by atoms with van der Waals surface area (Å²) in [5.41, 5.74) is 6.27. The van der Waals surface area contributed by atoms with Crippen LogP contribution in [0.1, 0.15) is 22.3 Å². The molecule has 4 heteroatoms. The van der Waals surface area contributed by atoms with Crippen molar-refractivity contribution in [3.8, 4) is 0 Å². The van der Waals surface area contributed by atoms with Gasteiger partial charge in [0.05, 0.1) is 5.56 Å². The summed E-state index contributed by atoms with van der Waals surface area (Å²) in [6.07, 6.45) is 0.718. The van der Waals surface area contributed by atoms with Crippen LogP contribution in [-0.4, -0.2) is 30.9 Å². The lowest BCUT2D eigenvalue weighted by atomic mass is 10.1. The molecule has 1 aromatic rings. The normalized spacial score (nSPS) is 10.2. The summed E-state index contributed by atoms with van der Waals surface area (Å²) in [5, 5.41) is 0. The third-order valence-electron chi connectivity index (χ3n) is 2.40. The molecule has 0 saturated heterocycles. The highest BCUT2D eigenvalue weighted by Gasteiger charge is 2.15. The van der Waals surface area contributed by atoms with Crippen LogP contribution < -0.4 is 5.73 Å². The molecule has 0 atom stereocenters. The highest BCUT2D eigenvalue weighted by Crippen LogP contribution is 2.12. The topological polar surface area (TPSA) is 46.3 Å². The third-order valence-corrected chi connectivity index (χ3v) is 2.40. The maximum absolute atomic E-state index is 13.5. The van der Waals surface area contributed by atoms with Gasteiger partial charge in [0.1, 0.15) is 5.82 Å². The summed E-state index contributed by atoms with van der Waals surface area (Å²) in [5.74, 6) is -0.768. The van der Waals surface area contributed by atoms with Gasteiger partial charge in [-0.1, -0.05) is 6.07 Å². The van der Waals surface area contributed by atoms with Crippen LogP contribution in [0.5, 0.6) is 0 Å². The molecule has 0 heterocycles. The molecule has 3 nitrogen and oxygen atoms in total. The number of carbonyl (C=O) groups excluding carboxylic acids is 1. The first-order valence-corrected chi connectivity index (χ1v) is 5.28. The van der Waals surface area contributed by atoms with E-state index in [-0.39, 0.29) is 11.5 Å². The number of rotatable bonds is 4. The smallest absolute Gasteiger partial charge is 0.256 e. The summed E-state index contributed by atoms with van der Waals surface area (Å²) in [7, 11) is 1.65. The fourth-order valence-electron chi connectivity index (χ4n) is 1.43. The van der Waals surface area contributed by atoms with E-state index in [2.05, 4.69) is 0 Å². The number of halogens is 1. The lowest BCUT2D eigenvalue weighted by Crippen LogP contribution is -2.29. The average molecular weight is 224 g/mol. The Labute approximate surface area is 95.0 Å². The van der Waals surface area contributed by atoms with Crippen LogP contribution in [0.15, 0.2) is 18.2 Å². The minimum Gasteiger partial charge on any atom is -0.342 e. The maximum Gasteiger partial charge on any atom is 0.256 e. The van der Waals surface area contributed by atoms with Crippen molar-refractivity contribution < 1.29 is 9.18 Å². The second kappa shape index (κ2) is 5.61. The highest BCUT2D eigenvalue weighted by molar-refractivity contribution is 5.94. The second-order valence-corrected chi connectivity index (χ2v) is 3.85. The molecule has 0 spiro atoms. The molecule has 1 rings (SSSR count). The zero-order valence-electron chi connectivity index (χ0n) is 9.66. The van der Waals surface area contributed by atoms with Crippen molar-refractivity contribution in [2.45, 2.75) is 13.3 Å². The predicted molar refractivity (Wildman–Crippen MR) is 61.8 cm³/mol. The molecule has 0 aliphatic rings. The van der Waals surface area contributed by atoms with E-state index in [1.165, 1.54) is 17.0 Å². The molecular formula is C12H17FN2O. The van der Waals surface area contributed by atoms with Crippen molar-refractivity contribution >= 4 is 5.91 Å². The van der Waals surface area contributed by atoms with Gasteiger partial charge >= 0.3 is 0 Å². The number of nitrogens with two attached hydrogens (primary N) is 1. The first kappa shape index (κ1) is 12.6. The zero-order valence-corrected chi connectivity index (χ0v) is 9.66. The summed E-state index contributed by atoms with van der Waals surface area (Å²) >= 11 is 0. The molecule has 0 fully saturated rings. The Morgan fingerprint density at radius 2 is 2.19 bits per heavy atom. The van der Waals surface area contributed by atoms with E-state index in [0.717, 1.165) is 12.0 Å². The van der Waals surface area contributed by atoms with Crippen LogP contribution in [0.25, 0.3) is 0 Å². The monoisotopic (exact) mass is 224 g/mol. The van der Waals surface area contributed by atoms with E-state index in [9.17, 15) is 9.18 Å². The molecule has 0 aliphatic heterocycles. The van der Waals surface area contributed by atoms with Crippen molar-refractivity contribution in [2.24, 2.45) is 5.73 Å². The minimum atomic E-state index is -0.468. The first-order valence-electron chi connectivity index (χ1n) is 5.28. The van der Waals surface area contributed by atoms with Gasteiger partial charge in [0, 0.05) is 13.6 Å². The summed E-state index contributed by atoms with van der Waals surface area (Å²) in [6, 6.07) is 4.61. The minimum absolute atomic E-state index is 0.116. The Kier molecular flexibility index (Phi) is 4.43. The molecule has 0 aromatic heterocycles. The van der Waals surface area contributed by atoms with Gasteiger partial charge in [-0.3, -0.25) is 4.79 Å². The Morgan fingerprint density at radius 3 is 2.75 bits per heavy atom. The van der Waals surface area contributed by atoms with Gasteiger partial charge in [-0.15, -0.1) is 0 Å². The fourth-order valence-corrected chi connectivity index (χ4v) is 1.43. The maximum atomic E-state index is 13.5. The van der Waals surface area contributed by atoms with Crippen LogP contribution >= 0.6 is 0 Å². The third kappa shape index (κ3) is 3.03. The fraction of sp³-hybridized carbons (Fsp3) is 0.417. The predicted octanol–water partition coefficient (Wildman–Crippen LogP) is 1.55. The van der Waals surface area contributed by atoms with Crippen LogP contribution in [0.3, 0.4) is 0 Å². The second-order valence-electron chi connectivity index (χ2n) is 3.85. The summed E-state index contributed by atoms with van der Waals surface area (Å²) in [6.45, 7) is 2.85. The van der Waals surface area contributed by atoms with Gasteiger partial charge in [0.2, 0.25) is 0 Å². The lowest BCUT2D eigenvalue weighted by Gasteiger charge is -2.17. The van der Waals surface area contributed by atoms with Crippen molar-refractivity contribution in [3.05, 3.63) is 35.1 Å². The van der Waals surface area contributed by atoms with Crippen LogP contribution in [0.4, 0.5) is 4.39 Å². The van der Waals surface area contributed by atoms with Gasteiger partial charge in [-0.05, 0) is 37.6 Å². The van der Waals surface area contributed by atoms with Crippen LogP contribution in [-0.2, 0) is 0 Å². The lowest BCUT2D eigenvalue weighted by molar-refractivity contribution is 0.0790. The van der Waals surface area contributed by atoms with Crippen molar-refractivity contribution in [1.29, 1.82) is 0 Å². The van der Waals surface area contributed by atoms with Gasteiger partial charge in [-0.2, -0.15) is 0 Å². The molecule has 0 saturated carbocycles. The van der Waals surface area contributed by atoms with Crippen LogP contribution in [0, 0.1) is 12.7 Å².